The maximum atomic E-state index is 7.95. The Kier molecular flexibility index (Phi) is 4.69. The maximum Gasteiger partial charge on any atom is 0.291 e. The maximum absolute atomic E-state index is 7.95. The molecular formula is C4H9N3O2S. The van der Waals surface area contributed by atoms with Gasteiger partial charge in [0.1, 0.15) is 0 Å². The number of rotatable bonds is 0. The van der Waals surface area contributed by atoms with Gasteiger partial charge in [0, 0.05) is 25.9 Å². The smallest absolute Gasteiger partial charge is 0.291 e. The Balaban J connectivity index is 3.76. The molecule has 0 spiro atoms. The average molecular weight is 163 g/mol. The van der Waals surface area contributed by atoms with Crippen LogP contribution in [0.4, 0.5) is 0 Å². The second-order valence-corrected chi connectivity index (χ2v) is 2.22. The van der Waals surface area contributed by atoms with Crippen LogP contribution in [0.1, 0.15) is 0 Å². The van der Waals surface area contributed by atoms with E-state index in [0.717, 1.165) is 11.8 Å². The molecule has 0 aromatic carbocycles. The van der Waals surface area contributed by atoms with E-state index < -0.39 is 0 Å². The van der Waals surface area contributed by atoms with E-state index in [1.54, 1.807) is 14.1 Å². The molecule has 0 aromatic heterocycles. The summed E-state index contributed by atoms with van der Waals surface area (Å²) >= 11 is 0.895. The Morgan fingerprint density at radius 2 is 2.40 bits per heavy atom. The van der Waals surface area contributed by atoms with Crippen molar-refractivity contribution in [2.45, 2.75) is 0 Å². The number of aliphatic imine (C=N–C) groups is 1. The minimum absolute atomic E-state index is 0.310. The van der Waals surface area contributed by atoms with Gasteiger partial charge in [-0.05, 0) is 0 Å². The summed E-state index contributed by atoms with van der Waals surface area (Å²) in [5, 5.41) is 17.7. The lowest BCUT2D eigenvalue weighted by Gasteiger charge is -2.00. The highest BCUT2D eigenvalue weighted by Gasteiger charge is 2.02. The van der Waals surface area contributed by atoms with Crippen molar-refractivity contribution in [2.75, 3.05) is 14.1 Å². The molecule has 0 saturated heterocycles. The van der Waals surface area contributed by atoms with Crippen LogP contribution in [-0.2, 0) is 4.89 Å². The van der Waals surface area contributed by atoms with Crippen LogP contribution < -0.4 is 5.32 Å². The van der Waals surface area contributed by atoms with Gasteiger partial charge >= 0.3 is 0 Å². The molecule has 0 aliphatic rings. The normalized spacial score (nSPS) is 10.9. The van der Waals surface area contributed by atoms with Gasteiger partial charge in [-0.1, -0.05) is 0 Å². The minimum atomic E-state index is -0.310. The summed E-state index contributed by atoms with van der Waals surface area (Å²) in [5.74, 6) is 0. The molecule has 0 aromatic rings. The lowest BCUT2D eigenvalue weighted by Crippen LogP contribution is -2.16. The highest BCUT2D eigenvalue weighted by Crippen LogP contribution is 2.02. The van der Waals surface area contributed by atoms with E-state index in [-0.39, 0.29) is 5.23 Å². The Morgan fingerprint density at radius 1 is 1.80 bits per heavy atom. The summed E-state index contributed by atoms with van der Waals surface area (Å²) in [7, 11) is 3.24. The van der Waals surface area contributed by atoms with Gasteiger partial charge in [-0.3, -0.25) is 10.4 Å². The van der Waals surface area contributed by atoms with Crippen LogP contribution >= 0.6 is 11.8 Å². The van der Waals surface area contributed by atoms with Gasteiger partial charge in [0.2, 0.25) is 0 Å². The first-order valence-electron chi connectivity index (χ1n) is 2.47. The van der Waals surface area contributed by atoms with Gasteiger partial charge in [0.05, 0.1) is 0 Å². The van der Waals surface area contributed by atoms with Crippen LogP contribution in [0, 0.1) is 5.41 Å². The predicted molar refractivity (Wildman–Crippen MR) is 41.5 cm³/mol. The molecule has 0 aliphatic heterocycles. The van der Waals surface area contributed by atoms with Crippen molar-refractivity contribution in [3.63, 3.8) is 0 Å². The van der Waals surface area contributed by atoms with E-state index in [1.807, 2.05) is 0 Å². The second-order valence-electron chi connectivity index (χ2n) is 1.26. The first kappa shape index (κ1) is 9.25. The number of thioether (sulfide) groups is 1. The second kappa shape index (κ2) is 5.07. The molecule has 0 aliphatic carbocycles. The highest BCUT2D eigenvalue weighted by atomic mass is 32.2. The molecule has 3 N–H and O–H groups in total. The fraction of sp³-hybridized carbons (Fsp3) is 0.500. The van der Waals surface area contributed by atoms with Crippen molar-refractivity contribution in [3.05, 3.63) is 0 Å². The summed E-state index contributed by atoms with van der Waals surface area (Å²) in [6.07, 6.45) is 0. The van der Waals surface area contributed by atoms with Gasteiger partial charge in [0.25, 0.3) is 5.23 Å². The number of nitrogens with one attached hydrogen (secondary N) is 2. The summed E-state index contributed by atoms with van der Waals surface area (Å²) in [6.45, 7) is 0. The van der Waals surface area contributed by atoms with Crippen LogP contribution in [0.15, 0.2) is 4.99 Å². The lowest BCUT2D eigenvalue weighted by atomic mass is 11.1. The summed E-state index contributed by atoms with van der Waals surface area (Å²) in [5.41, 5.74) is 0. The predicted octanol–water partition coefficient (Wildman–Crippen LogP) is 0.349. The van der Waals surface area contributed by atoms with Gasteiger partial charge in [0.15, 0.2) is 5.17 Å². The van der Waals surface area contributed by atoms with Crippen LogP contribution in [-0.4, -0.2) is 29.8 Å². The molecule has 58 valence electrons. The third kappa shape index (κ3) is 3.31. The topological polar surface area (TPSA) is 77.7 Å². The SMILES string of the molecule is CN=C(NC)SC(=N)OO. The van der Waals surface area contributed by atoms with Gasteiger partial charge in [-0.25, -0.2) is 5.26 Å². The fourth-order valence-corrected chi connectivity index (χ4v) is 0.721. The quantitative estimate of drug-likeness (QED) is 0.208. The van der Waals surface area contributed by atoms with Crippen LogP contribution in [0.5, 0.6) is 0 Å². The minimum Gasteiger partial charge on any atom is -0.368 e. The number of amidine groups is 1. The summed E-state index contributed by atoms with van der Waals surface area (Å²) in [4.78, 5) is 7.34. The van der Waals surface area contributed by atoms with Gasteiger partial charge in [-0.15, -0.1) is 0 Å². The highest BCUT2D eigenvalue weighted by molar-refractivity contribution is 8.26. The van der Waals surface area contributed by atoms with Crippen LogP contribution in [0.25, 0.3) is 0 Å². The van der Waals surface area contributed by atoms with Gasteiger partial charge < -0.3 is 10.2 Å². The van der Waals surface area contributed by atoms with E-state index >= 15 is 0 Å². The Morgan fingerprint density at radius 3 is 2.70 bits per heavy atom. The Bertz CT molecular complexity index is 147. The van der Waals surface area contributed by atoms with Crippen molar-refractivity contribution in [1.29, 1.82) is 5.41 Å². The molecule has 6 heteroatoms. The third-order valence-corrected chi connectivity index (χ3v) is 1.53. The Hall–Kier alpha value is -0.750. The Labute approximate surface area is 62.9 Å². The molecule has 0 saturated carbocycles. The van der Waals surface area contributed by atoms with Crippen molar-refractivity contribution in [2.24, 2.45) is 4.99 Å². The van der Waals surface area contributed by atoms with E-state index in [2.05, 4.69) is 15.2 Å². The van der Waals surface area contributed by atoms with Crippen molar-refractivity contribution >= 4 is 22.2 Å². The van der Waals surface area contributed by atoms with Crippen LogP contribution in [0.2, 0.25) is 0 Å². The lowest BCUT2D eigenvalue weighted by molar-refractivity contribution is -0.151. The van der Waals surface area contributed by atoms with Gasteiger partial charge in [-0.2, -0.15) is 0 Å². The largest absolute Gasteiger partial charge is 0.368 e. The zero-order chi connectivity index (χ0) is 7.98. The zero-order valence-electron chi connectivity index (χ0n) is 5.71. The molecule has 0 unspecified atom stereocenters. The first-order valence-corrected chi connectivity index (χ1v) is 3.28. The molecule has 0 rings (SSSR count). The molecule has 0 fully saturated rings. The summed E-state index contributed by atoms with van der Waals surface area (Å²) < 4.78 is 0. The standard InChI is InChI=1S/C4H9N3O2S/c1-6-4(7-2)10-3(5)9-8/h5,8H,1-2H3,(H,6,7). The van der Waals surface area contributed by atoms with Crippen molar-refractivity contribution < 1.29 is 10.1 Å². The first-order chi connectivity index (χ1) is 4.74. The zero-order valence-corrected chi connectivity index (χ0v) is 6.53. The number of hydrogen-bond acceptors (Lipinski definition) is 5. The van der Waals surface area contributed by atoms with Crippen molar-refractivity contribution in [1.82, 2.24) is 5.32 Å². The molecular weight excluding hydrogens is 154 g/mol. The fourth-order valence-electron chi connectivity index (χ4n) is 0.315. The third-order valence-electron chi connectivity index (χ3n) is 0.689. The van der Waals surface area contributed by atoms with E-state index in [9.17, 15) is 0 Å². The monoisotopic (exact) mass is 163 g/mol. The molecule has 0 radical (unpaired) electrons. The van der Waals surface area contributed by atoms with Crippen molar-refractivity contribution in [3.8, 4) is 0 Å². The molecule has 10 heavy (non-hydrogen) atoms. The average Bonchev–Trinajstić information content (AvgIpc) is 1.99. The number of nitrogens with zero attached hydrogens (tertiary/aromatic N) is 1. The molecule has 0 atom stereocenters. The molecule has 0 heterocycles. The number of hydrogen-bond donors (Lipinski definition) is 3. The molecule has 0 amide bonds. The molecule has 0 bridgehead atoms. The van der Waals surface area contributed by atoms with E-state index in [4.69, 9.17) is 10.7 Å². The van der Waals surface area contributed by atoms with E-state index in [1.165, 1.54) is 0 Å². The summed E-state index contributed by atoms with van der Waals surface area (Å²) in [6, 6.07) is 0. The molecule has 5 nitrogen and oxygen atoms in total. The van der Waals surface area contributed by atoms with E-state index in [0.29, 0.717) is 5.17 Å². The van der Waals surface area contributed by atoms with Crippen LogP contribution in [0.3, 0.4) is 0 Å².